The molecule has 0 radical (unpaired) electrons. The van der Waals surface area contributed by atoms with E-state index in [1.54, 1.807) is 42.6 Å². The van der Waals surface area contributed by atoms with E-state index in [1.165, 1.54) is 0 Å². The van der Waals surface area contributed by atoms with E-state index in [2.05, 4.69) is 58.7 Å². The Morgan fingerprint density at radius 1 is 1.00 bits per heavy atom. The summed E-state index contributed by atoms with van der Waals surface area (Å²) in [4.78, 5) is 44.8. The first kappa shape index (κ1) is 35.3. The normalized spacial score (nSPS) is 17.9. The lowest BCUT2D eigenvalue weighted by Gasteiger charge is -2.54. The number of urea groups is 1. The van der Waals surface area contributed by atoms with Crippen LogP contribution < -0.4 is 16.0 Å². The molecule has 1 aromatic carbocycles. The van der Waals surface area contributed by atoms with Crippen LogP contribution in [0, 0.1) is 0 Å². The Labute approximate surface area is 263 Å². The second-order valence-electron chi connectivity index (χ2n) is 13.2. The summed E-state index contributed by atoms with van der Waals surface area (Å²) < 4.78 is 31.1. The fourth-order valence-corrected chi connectivity index (χ4v) is 5.12. The van der Waals surface area contributed by atoms with Crippen LogP contribution in [0.15, 0.2) is 53.2 Å². The van der Waals surface area contributed by atoms with Gasteiger partial charge in [-0.3, -0.25) is 29.3 Å². The predicted octanol–water partition coefficient (Wildman–Crippen LogP) is 5.31. The van der Waals surface area contributed by atoms with E-state index in [-0.39, 0.29) is 34.3 Å². The molecule has 1 atom stereocenters. The Hall–Kier alpha value is -4.14. The van der Waals surface area contributed by atoms with Gasteiger partial charge in [0.25, 0.3) is 16.0 Å². The molecule has 3 amide bonds. The molecule has 0 spiro atoms. The zero-order valence-corrected chi connectivity index (χ0v) is 27.9. The molecule has 1 saturated heterocycles. The number of anilines is 3. The minimum atomic E-state index is -3.67. The Bertz CT molecular complexity index is 1630. The molecule has 0 saturated carbocycles. The van der Waals surface area contributed by atoms with E-state index in [4.69, 9.17) is 9.08 Å². The van der Waals surface area contributed by atoms with Crippen molar-refractivity contribution in [3.05, 3.63) is 65.7 Å². The molecule has 4 rings (SSSR count). The van der Waals surface area contributed by atoms with Crippen LogP contribution in [0.5, 0.6) is 0 Å². The number of pyridine rings is 1. The molecule has 1 fully saturated rings. The summed E-state index contributed by atoms with van der Waals surface area (Å²) in [6.45, 7) is 14.3. The number of carbonyl (C=O) groups excluding carboxylic acids is 3. The maximum atomic E-state index is 13.1. The molecular formula is C31H42N6O7S. The second-order valence-corrected chi connectivity index (χ2v) is 14.7. The van der Waals surface area contributed by atoms with Gasteiger partial charge in [0.05, 0.1) is 12.2 Å². The standard InChI is InChI=1S/C30H38N6O4.CH4O3S/c1-28(2,3)23-15-24(35-40-23)34-27(39)33-20-12-10-19(11-13-20)32-26(38)21-14-9-18(17-31-21)25-22(37)16-29(4,5)36(8)30(25,6)7;1-5(2,3)4/h9-15,17,25H,16H2,1-8H3,(H,32,38)(H2,33,34,35,39);1H3,(H,2,3,4). The molecule has 4 N–H and O–H groups in total. The number of Topliss-reactive ketones (excluding diaryl/α,β-unsaturated/α-hetero) is 1. The largest absolute Gasteiger partial charge is 0.359 e. The lowest BCUT2D eigenvalue weighted by molar-refractivity contribution is -0.135. The Morgan fingerprint density at radius 3 is 2.04 bits per heavy atom. The third-order valence-corrected chi connectivity index (χ3v) is 7.65. The quantitative estimate of drug-likeness (QED) is 0.266. The average molecular weight is 643 g/mol. The molecule has 0 aliphatic carbocycles. The average Bonchev–Trinajstić information content (AvgIpc) is 3.37. The van der Waals surface area contributed by atoms with Crippen molar-refractivity contribution in [1.29, 1.82) is 0 Å². The minimum absolute atomic E-state index is 0.171. The Kier molecular flexibility index (Phi) is 10.3. The summed E-state index contributed by atoms with van der Waals surface area (Å²) in [5, 5.41) is 12.0. The Balaban J connectivity index is 0.00000102. The zero-order valence-electron chi connectivity index (χ0n) is 27.0. The smallest absolute Gasteiger partial charge is 0.324 e. The number of benzene rings is 1. The van der Waals surface area contributed by atoms with Crippen LogP contribution in [0.2, 0.25) is 0 Å². The van der Waals surface area contributed by atoms with Crippen molar-refractivity contribution in [3.63, 3.8) is 0 Å². The van der Waals surface area contributed by atoms with Gasteiger partial charge in [-0.05, 0) is 70.6 Å². The number of amides is 3. The highest BCUT2D eigenvalue weighted by Crippen LogP contribution is 2.43. The number of piperidine rings is 1. The maximum Gasteiger partial charge on any atom is 0.324 e. The molecule has 1 aliphatic heterocycles. The molecule has 14 heteroatoms. The summed E-state index contributed by atoms with van der Waals surface area (Å²) in [5.74, 6) is 0.438. The van der Waals surface area contributed by atoms with Crippen LogP contribution in [0.1, 0.15) is 82.6 Å². The molecule has 1 aliphatic rings. The van der Waals surface area contributed by atoms with E-state index < -0.39 is 21.7 Å². The fraction of sp³-hybridized carbons (Fsp3) is 0.452. The summed E-state index contributed by atoms with van der Waals surface area (Å²) in [6, 6.07) is 11.4. The van der Waals surface area contributed by atoms with Crippen LogP contribution in [0.3, 0.4) is 0 Å². The molecule has 2 aromatic heterocycles. The predicted molar refractivity (Wildman–Crippen MR) is 172 cm³/mol. The van der Waals surface area contributed by atoms with Gasteiger partial charge in [-0.25, -0.2) is 4.79 Å². The second kappa shape index (κ2) is 13.1. The number of carbonyl (C=O) groups is 3. The van der Waals surface area contributed by atoms with Crippen molar-refractivity contribution in [2.24, 2.45) is 0 Å². The number of hydrogen-bond donors (Lipinski definition) is 4. The van der Waals surface area contributed by atoms with Crippen molar-refractivity contribution in [2.45, 2.75) is 77.3 Å². The van der Waals surface area contributed by atoms with Gasteiger partial charge in [0, 0.05) is 46.6 Å². The molecular weight excluding hydrogens is 600 g/mol. The first-order chi connectivity index (χ1) is 20.6. The van der Waals surface area contributed by atoms with Gasteiger partial charge in [-0.15, -0.1) is 0 Å². The monoisotopic (exact) mass is 642 g/mol. The number of hydrogen-bond acceptors (Lipinski definition) is 9. The van der Waals surface area contributed by atoms with E-state index in [0.717, 1.165) is 5.56 Å². The van der Waals surface area contributed by atoms with E-state index >= 15 is 0 Å². The fourth-order valence-electron chi connectivity index (χ4n) is 5.12. The number of rotatable bonds is 5. The maximum absolute atomic E-state index is 13.1. The molecule has 45 heavy (non-hydrogen) atoms. The zero-order chi connectivity index (χ0) is 34.0. The van der Waals surface area contributed by atoms with E-state index in [0.29, 0.717) is 35.6 Å². The lowest BCUT2D eigenvalue weighted by Crippen LogP contribution is -2.62. The summed E-state index contributed by atoms with van der Waals surface area (Å²) in [5.41, 5.74) is 1.26. The highest BCUT2D eigenvalue weighted by Gasteiger charge is 2.50. The summed E-state index contributed by atoms with van der Waals surface area (Å²) >= 11 is 0. The van der Waals surface area contributed by atoms with Gasteiger partial charge in [-0.2, -0.15) is 8.42 Å². The topological polar surface area (TPSA) is 184 Å². The van der Waals surface area contributed by atoms with Gasteiger partial charge >= 0.3 is 6.03 Å². The first-order valence-electron chi connectivity index (χ1n) is 14.2. The van der Waals surface area contributed by atoms with Crippen LogP contribution in [0.25, 0.3) is 0 Å². The van der Waals surface area contributed by atoms with Crippen molar-refractivity contribution in [1.82, 2.24) is 15.0 Å². The van der Waals surface area contributed by atoms with Crippen molar-refractivity contribution < 1.29 is 31.9 Å². The summed E-state index contributed by atoms with van der Waals surface area (Å²) in [7, 11) is -1.62. The SMILES string of the molecule is CN1C(C)(C)CC(=O)C(c2ccc(C(=O)Nc3ccc(NC(=O)Nc4cc(C(C)(C)C)on4)cc3)nc2)C1(C)C.CS(=O)(=O)O. The van der Waals surface area contributed by atoms with Gasteiger partial charge in [0.1, 0.15) is 17.2 Å². The molecule has 13 nitrogen and oxygen atoms in total. The van der Waals surface area contributed by atoms with Crippen molar-refractivity contribution in [2.75, 3.05) is 29.3 Å². The molecule has 3 aromatic rings. The minimum Gasteiger partial charge on any atom is -0.359 e. The number of aromatic nitrogens is 2. The number of nitrogens with one attached hydrogen (secondary N) is 3. The number of ketones is 1. The van der Waals surface area contributed by atoms with E-state index in [9.17, 15) is 22.8 Å². The first-order valence-corrected chi connectivity index (χ1v) is 16.0. The van der Waals surface area contributed by atoms with Crippen LogP contribution in [0.4, 0.5) is 22.0 Å². The highest BCUT2D eigenvalue weighted by atomic mass is 32.2. The number of nitrogens with zero attached hydrogens (tertiary/aromatic N) is 3. The van der Waals surface area contributed by atoms with Crippen LogP contribution in [-0.2, 0) is 20.3 Å². The van der Waals surface area contributed by atoms with E-state index in [1.807, 2.05) is 33.9 Å². The third-order valence-electron chi connectivity index (χ3n) is 7.65. The van der Waals surface area contributed by atoms with Crippen LogP contribution in [-0.4, -0.2) is 70.1 Å². The molecule has 244 valence electrons. The molecule has 3 heterocycles. The van der Waals surface area contributed by atoms with Gasteiger partial charge in [0.2, 0.25) is 0 Å². The highest BCUT2D eigenvalue weighted by molar-refractivity contribution is 7.85. The van der Waals surface area contributed by atoms with Crippen molar-refractivity contribution >= 4 is 45.0 Å². The number of likely N-dealkylation sites (tertiary alicyclic amines) is 1. The lowest BCUT2D eigenvalue weighted by atomic mass is 9.69. The molecule has 0 bridgehead atoms. The van der Waals surface area contributed by atoms with Crippen molar-refractivity contribution in [3.8, 4) is 0 Å². The third kappa shape index (κ3) is 9.42. The van der Waals surface area contributed by atoms with Gasteiger partial charge < -0.3 is 15.2 Å². The number of likely N-dealkylation sites (N-methyl/N-ethyl adjacent to an activating group) is 1. The van der Waals surface area contributed by atoms with Gasteiger partial charge in [0.15, 0.2) is 5.82 Å². The van der Waals surface area contributed by atoms with Crippen LogP contribution >= 0.6 is 0 Å². The Morgan fingerprint density at radius 2 is 1.56 bits per heavy atom. The molecule has 1 unspecified atom stereocenters. The van der Waals surface area contributed by atoms with Gasteiger partial charge in [-0.1, -0.05) is 32.0 Å². The summed E-state index contributed by atoms with van der Waals surface area (Å²) in [6.07, 6.45) is 2.79.